The van der Waals surface area contributed by atoms with Crippen LogP contribution in [-0.4, -0.2) is 22.7 Å². The molecular formula is C18H33NO. The van der Waals surface area contributed by atoms with Crippen LogP contribution in [0.25, 0.3) is 0 Å². The average molecular weight is 279 g/mol. The molecular weight excluding hydrogens is 246 g/mol. The molecule has 0 bridgehead atoms. The van der Waals surface area contributed by atoms with E-state index in [4.69, 9.17) is 4.84 Å². The van der Waals surface area contributed by atoms with Crippen LogP contribution in [0.4, 0.5) is 0 Å². The van der Waals surface area contributed by atoms with E-state index in [2.05, 4.69) is 59.6 Å². The first-order valence-corrected chi connectivity index (χ1v) is 8.33. The number of allylic oxidation sites excluding steroid dienone is 2. The second-order valence-corrected chi connectivity index (χ2v) is 8.08. The first-order chi connectivity index (χ1) is 9.22. The Morgan fingerprint density at radius 2 is 1.95 bits per heavy atom. The van der Waals surface area contributed by atoms with E-state index in [-0.39, 0.29) is 5.60 Å². The topological polar surface area (TPSA) is 12.5 Å². The standard InChI is InChI=1S/C18H33NO/c1-12(2)8-9-15-10-14(5)17-16(11-15)18(6,7)20-19(17)13(3)4/h8,13-17H,9-11H2,1-7H3. The highest BCUT2D eigenvalue weighted by atomic mass is 16.7. The molecule has 2 fully saturated rings. The van der Waals surface area contributed by atoms with Gasteiger partial charge in [0.25, 0.3) is 0 Å². The minimum absolute atomic E-state index is 0.00710. The summed E-state index contributed by atoms with van der Waals surface area (Å²) < 4.78 is 0. The van der Waals surface area contributed by atoms with E-state index in [0.29, 0.717) is 18.0 Å². The molecule has 1 saturated carbocycles. The van der Waals surface area contributed by atoms with Gasteiger partial charge in [-0.15, -0.1) is 0 Å². The summed E-state index contributed by atoms with van der Waals surface area (Å²) >= 11 is 0. The first kappa shape index (κ1) is 16.0. The molecule has 1 aliphatic heterocycles. The monoisotopic (exact) mass is 279 g/mol. The van der Waals surface area contributed by atoms with Crippen molar-refractivity contribution in [2.24, 2.45) is 17.8 Å². The number of hydroxylamine groups is 2. The zero-order valence-corrected chi connectivity index (χ0v) is 14.4. The molecule has 116 valence electrons. The minimum Gasteiger partial charge on any atom is -0.292 e. The van der Waals surface area contributed by atoms with Gasteiger partial charge in [-0.3, -0.25) is 4.84 Å². The molecule has 1 aliphatic carbocycles. The molecule has 4 unspecified atom stereocenters. The van der Waals surface area contributed by atoms with Crippen molar-refractivity contribution in [1.82, 2.24) is 5.06 Å². The van der Waals surface area contributed by atoms with Crippen LogP contribution in [0.5, 0.6) is 0 Å². The van der Waals surface area contributed by atoms with E-state index in [1.54, 1.807) is 0 Å². The van der Waals surface area contributed by atoms with Crippen LogP contribution in [0.15, 0.2) is 11.6 Å². The van der Waals surface area contributed by atoms with Crippen LogP contribution in [0, 0.1) is 17.8 Å². The molecule has 0 N–H and O–H groups in total. The molecule has 1 saturated heterocycles. The van der Waals surface area contributed by atoms with Crippen molar-refractivity contribution in [3.63, 3.8) is 0 Å². The normalized spacial score (nSPS) is 37.0. The van der Waals surface area contributed by atoms with Crippen molar-refractivity contribution in [3.8, 4) is 0 Å². The van der Waals surface area contributed by atoms with Gasteiger partial charge < -0.3 is 0 Å². The van der Waals surface area contributed by atoms with Crippen LogP contribution in [0.1, 0.15) is 67.7 Å². The van der Waals surface area contributed by atoms with Crippen molar-refractivity contribution < 1.29 is 4.84 Å². The van der Waals surface area contributed by atoms with Crippen molar-refractivity contribution in [2.45, 2.75) is 85.4 Å². The van der Waals surface area contributed by atoms with Crippen molar-refractivity contribution in [2.75, 3.05) is 0 Å². The Balaban J connectivity index is 2.14. The summed E-state index contributed by atoms with van der Waals surface area (Å²) in [5.74, 6) is 2.23. The molecule has 0 aromatic rings. The molecule has 2 rings (SSSR count). The van der Waals surface area contributed by atoms with Crippen LogP contribution >= 0.6 is 0 Å². The van der Waals surface area contributed by atoms with Gasteiger partial charge in [-0.05, 0) is 72.6 Å². The van der Waals surface area contributed by atoms with Gasteiger partial charge in [-0.1, -0.05) is 18.6 Å². The van der Waals surface area contributed by atoms with Gasteiger partial charge in [0.2, 0.25) is 0 Å². The predicted octanol–water partition coefficient (Wildman–Crippen LogP) is 4.81. The quantitative estimate of drug-likeness (QED) is 0.688. The summed E-state index contributed by atoms with van der Waals surface area (Å²) in [6.45, 7) is 15.9. The molecule has 2 heteroatoms. The maximum atomic E-state index is 6.32. The van der Waals surface area contributed by atoms with Crippen molar-refractivity contribution in [1.29, 1.82) is 0 Å². The van der Waals surface area contributed by atoms with Crippen molar-refractivity contribution >= 4 is 0 Å². The highest BCUT2D eigenvalue weighted by Crippen LogP contribution is 2.49. The predicted molar refractivity (Wildman–Crippen MR) is 85.4 cm³/mol. The van der Waals surface area contributed by atoms with Gasteiger partial charge >= 0.3 is 0 Å². The summed E-state index contributed by atoms with van der Waals surface area (Å²) in [5, 5.41) is 2.30. The maximum absolute atomic E-state index is 6.32. The van der Waals surface area contributed by atoms with Gasteiger partial charge in [0.05, 0.1) is 5.60 Å². The summed E-state index contributed by atoms with van der Waals surface area (Å²) in [4.78, 5) is 6.32. The first-order valence-electron chi connectivity index (χ1n) is 8.33. The number of hydrogen-bond donors (Lipinski definition) is 0. The zero-order chi connectivity index (χ0) is 15.1. The molecule has 0 aromatic heterocycles. The SMILES string of the molecule is CC(C)=CCC1CC(C)C2C(C1)C(C)(C)ON2C(C)C. The maximum Gasteiger partial charge on any atom is 0.0888 e. The summed E-state index contributed by atoms with van der Waals surface area (Å²) in [6, 6.07) is 1.08. The third-order valence-electron chi connectivity index (χ3n) is 5.18. The summed E-state index contributed by atoms with van der Waals surface area (Å²) in [7, 11) is 0. The van der Waals surface area contributed by atoms with E-state index < -0.39 is 0 Å². The Kier molecular flexibility index (Phi) is 4.66. The Morgan fingerprint density at radius 1 is 1.30 bits per heavy atom. The van der Waals surface area contributed by atoms with Gasteiger partial charge in [0, 0.05) is 18.0 Å². The number of fused-ring (bicyclic) bond motifs is 1. The van der Waals surface area contributed by atoms with Crippen molar-refractivity contribution in [3.05, 3.63) is 11.6 Å². The van der Waals surface area contributed by atoms with E-state index in [1.165, 1.54) is 24.8 Å². The Labute approximate surface area is 125 Å². The van der Waals surface area contributed by atoms with E-state index in [1.807, 2.05) is 0 Å². The molecule has 0 radical (unpaired) electrons. The Bertz CT molecular complexity index is 368. The van der Waals surface area contributed by atoms with Gasteiger partial charge in [-0.2, -0.15) is 5.06 Å². The lowest BCUT2D eigenvalue weighted by Gasteiger charge is -2.41. The molecule has 4 atom stereocenters. The van der Waals surface area contributed by atoms with Crippen LogP contribution in [0.2, 0.25) is 0 Å². The van der Waals surface area contributed by atoms with Crippen LogP contribution < -0.4 is 0 Å². The van der Waals surface area contributed by atoms with E-state index in [9.17, 15) is 0 Å². The minimum atomic E-state index is -0.00710. The highest BCUT2D eigenvalue weighted by molar-refractivity contribution is 5.03. The third kappa shape index (κ3) is 3.12. The smallest absolute Gasteiger partial charge is 0.0888 e. The Morgan fingerprint density at radius 3 is 2.50 bits per heavy atom. The van der Waals surface area contributed by atoms with Gasteiger partial charge in [0.15, 0.2) is 0 Å². The zero-order valence-electron chi connectivity index (χ0n) is 14.4. The van der Waals surface area contributed by atoms with E-state index in [0.717, 1.165) is 11.8 Å². The molecule has 0 aromatic carbocycles. The van der Waals surface area contributed by atoms with Gasteiger partial charge in [0.1, 0.15) is 0 Å². The largest absolute Gasteiger partial charge is 0.292 e. The van der Waals surface area contributed by atoms with Gasteiger partial charge in [-0.25, -0.2) is 0 Å². The Hall–Kier alpha value is -0.340. The van der Waals surface area contributed by atoms with Crippen LogP contribution in [-0.2, 0) is 4.84 Å². The molecule has 2 nitrogen and oxygen atoms in total. The lowest BCUT2D eigenvalue weighted by molar-refractivity contribution is -0.215. The highest BCUT2D eigenvalue weighted by Gasteiger charge is 2.53. The fourth-order valence-electron chi connectivity index (χ4n) is 4.22. The molecule has 0 spiro atoms. The lowest BCUT2D eigenvalue weighted by atomic mass is 9.66. The molecule has 2 aliphatic rings. The number of hydrogen-bond acceptors (Lipinski definition) is 2. The second-order valence-electron chi connectivity index (χ2n) is 8.08. The second kappa shape index (κ2) is 5.81. The third-order valence-corrected chi connectivity index (χ3v) is 5.18. The summed E-state index contributed by atoms with van der Waals surface area (Å²) in [6.07, 6.45) is 6.32. The van der Waals surface area contributed by atoms with E-state index >= 15 is 0 Å². The molecule has 0 amide bonds. The number of rotatable bonds is 3. The summed E-state index contributed by atoms with van der Waals surface area (Å²) in [5.41, 5.74) is 1.44. The molecule has 1 heterocycles. The molecule has 20 heavy (non-hydrogen) atoms. The average Bonchev–Trinajstić information content (AvgIpc) is 2.60. The number of nitrogens with zero attached hydrogens (tertiary/aromatic N) is 1. The fourth-order valence-corrected chi connectivity index (χ4v) is 4.22. The fraction of sp³-hybridized carbons (Fsp3) is 0.889. The lowest BCUT2D eigenvalue weighted by Crippen LogP contribution is -2.46. The van der Waals surface area contributed by atoms with Crippen LogP contribution in [0.3, 0.4) is 0 Å².